The molecule has 3 rings (SSSR count). The van der Waals surface area contributed by atoms with Gasteiger partial charge in [-0.1, -0.05) is 41.9 Å². The standard InChI is InChI=1S/C16H9ClF3N/c1-8-13(17)12-10(18)7-11(19)14(20)16(12)21-15(8)9-5-3-2-4-6-9/h2-7H,1H3. The number of aromatic nitrogens is 1. The van der Waals surface area contributed by atoms with Crippen molar-refractivity contribution in [3.05, 3.63) is 64.4 Å². The third-order valence-corrected chi connectivity index (χ3v) is 3.79. The van der Waals surface area contributed by atoms with Gasteiger partial charge in [0.15, 0.2) is 11.6 Å². The number of halogens is 4. The molecule has 0 aliphatic heterocycles. The van der Waals surface area contributed by atoms with Gasteiger partial charge in [0.25, 0.3) is 0 Å². The quantitative estimate of drug-likeness (QED) is 0.557. The lowest BCUT2D eigenvalue weighted by Crippen LogP contribution is -1.99. The first-order chi connectivity index (χ1) is 10.0. The second-order valence-electron chi connectivity index (χ2n) is 4.64. The van der Waals surface area contributed by atoms with Crippen LogP contribution in [0.3, 0.4) is 0 Å². The second-order valence-corrected chi connectivity index (χ2v) is 5.02. The van der Waals surface area contributed by atoms with E-state index in [9.17, 15) is 13.2 Å². The van der Waals surface area contributed by atoms with Crippen molar-refractivity contribution in [1.29, 1.82) is 0 Å². The summed E-state index contributed by atoms with van der Waals surface area (Å²) < 4.78 is 41.2. The number of nitrogens with zero attached hydrogens (tertiary/aromatic N) is 1. The molecular weight excluding hydrogens is 299 g/mol. The molecule has 0 spiro atoms. The van der Waals surface area contributed by atoms with Crippen molar-refractivity contribution < 1.29 is 13.2 Å². The molecule has 1 heterocycles. The summed E-state index contributed by atoms with van der Waals surface area (Å²) in [7, 11) is 0. The fourth-order valence-corrected chi connectivity index (χ4v) is 2.53. The summed E-state index contributed by atoms with van der Waals surface area (Å²) in [5.41, 5.74) is 1.21. The van der Waals surface area contributed by atoms with Gasteiger partial charge in [-0.15, -0.1) is 0 Å². The van der Waals surface area contributed by atoms with E-state index in [1.54, 1.807) is 31.2 Å². The first-order valence-corrected chi connectivity index (χ1v) is 6.57. The van der Waals surface area contributed by atoms with Crippen LogP contribution in [0.4, 0.5) is 13.2 Å². The summed E-state index contributed by atoms with van der Waals surface area (Å²) in [5, 5.41) is -0.164. The normalized spacial score (nSPS) is 11.1. The van der Waals surface area contributed by atoms with E-state index in [0.29, 0.717) is 22.9 Å². The SMILES string of the molecule is Cc1c(-c2ccccc2)nc2c(F)c(F)cc(F)c2c1Cl. The number of fused-ring (bicyclic) bond motifs is 1. The molecule has 0 radical (unpaired) electrons. The van der Waals surface area contributed by atoms with Gasteiger partial charge in [-0.3, -0.25) is 0 Å². The predicted molar refractivity (Wildman–Crippen MR) is 76.8 cm³/mol. The van der Waals surface area contributed by atoms with E-state index < -0.39 is 23.0 Å². The monoisotopic (exact) mass is 307 g/mol. The maximum Gasteiger partial charge on any atom is 0.185 e. The number of hydrogen-bond acceptors (Lipinski definition) is 1. The highest BCUT2D eigenvalue weighted by molar-refractivity contribution is 6.36. The van der Waals surface area contributed by atoms with E-state index in [2.05, 4.69) is 4.98 Å². The minimum atomic E-state index is -1.29. The van der Waals surface area contributed by atoms with Gasteiger partial charge < -0.3 is 0 Å². The van der Waals surface area contributed by atoms with Crippen LogP contribution in [0.1, 0.15) is 5.56 Å². The number of hydrogen-bond donors (Lipinski definition) is 0. The van der Waals surface area contributed by atoms with Crippen LogP contribution in [0, 0.1) is 24.4 Å². The van der Waals surface area contributed by atoms with Gasteiger partial charge in [0, 0.05) is 11.6 Å². The zero-order chi connectivity index (χ0) is 15.1. The van der Waals surface area contributed by atoms with Gasteiger partial charge in [0.1, 0.15) is 11.3 Å². The lowest BCUT2D eigenvalue weighted by Gasteiger charge is -2.12. The maximum atomic E-state index is 13.9. The third kappa shape index (κ3) is 2.16. The number of rotatable bonds is 1. The van der Waals surface area contributed by atoms with Gasteiger partial charge in [-0.05, 0) is 12.5 Å². The van der Waals surface area contributed by atoms with Crippen molar-refractivity contribution >= 4 is 22.5 Å². The summed E-state index contributed by atoms with van der Waals surface area (Å²) in [4.78, 5) is 4.09. The van der Waals surface area contributed by atoms with E-state index in [1.165, 1.54) is 0 Å². The van der Waals surface area contributed by atoms with Gasteiger partial charge in [-0.2, -0.15) is 0 Å². The largest absolute Gasteiger partial charge is 0.244 e. The Kier molecular flexibility index (Phi) is 3.33. The minimum absolute atomic E-state index is 0.0373. The van der Waals surface area contributed by atoms with Crippen LogP contribution < -0.4 is 0 Å². The average molecular weight is 308 g/mol. The molecule has 0 aliphatic rings. The maximum absolute atomic E-state index is 13.9. The highest BCUT2D eigenvalue weighted by atomic mass is 35.5. The Labute approximate surface area is 124 Å². The van der Waals surface area contributed by atoms with Gasteiger partial charge in [0.05, 0.1) is 16.1 Å². The van der Waals surface area contributed by atoms with Crippen molar-refractivity contribution in [2.45, 2.75) is 6.92 Å². The zero-order valence-electron chi connectivity index (χ0n) is 10.9. The fraction of sp³-hybridized carbons (Fsp3) is 0.0625. The molecule has 3 aromatic rings. The number of benzene rings is 2. The predicted octanol–water partition coefficient (Wildman–Crippen LogP) is 5.28. The molecule has 5 heteroatoms. The zero-order valence-corrected chi connectivity index (χ0v) is 11.7. The summed E-state index contributed by atoms with van der Waals surface area (Å²) in [6.07, 6.45) is 0. The Morgan fingerprint density at radius 3 is 2.33 bits per heavy atom. The molecule has 21 heavy (non-hydrogen) atoms. The highest BCUT2D eigenvalue weighted by Gasteiger charge is 2.20. The second kappa shape index (κ2) is 5.04. The molecule has 1 aromatic heterocycles. The van der Waals surface area contributed by atoms with Crippen molar-refractivity contribution in [2.75, 3.05) is 0 Å². The van der Waals surface area contributed by atoms with Crippen LogP contribution in [-0.4, -0.2) is 4.98 Å². The van der Waals surface area contributed by atoms with Crippen LogP contribution in [0.5, 0.6) is 0 Å². The molecule has 106 valence electrons. The highest BCUT2D eigenvalue weighted by Crippen LogP contribution is 2.35. The molecule has 0 saturated carbocycles. The Bertz CT molecular complexity index is 848. The molecule has 0 bridgehead atoms. The lowest BCUT2D eigenvalue weighted by atomic mass is 10.0. The molecule has 0 saturated heterocycles. The Morgan fingerprint density at radius 2 is 1.67 bits per heavy atom. The average Bonchev–Trinajstić information content (AvgIpc) is 2.48. The molecule has 0 unspecified atom stereocenters. The molecule has 0 aliphatic carbocycles. The Morgan fingerprint density at radius 1 is 1.00 bits per heavy atom. The van der Waals surface area contributed by atoms with Crippen LogP contribution in [0.2, 0.25) is 5.02 Å². The molecular formula is C16H9ClF3N. The first-order valence-electron chi connectivity index (χ1n) is 6.19. The van der Waals surface area contributed by atoms with Crippen LogP contribution >= 0.6 is 11.6 Å². The number of pyridine rings is 1. The van der Waals surface area contributed by atoms with Crippen molar-refractivity contribution in [3.8, 4) is 11.3 Å². The van der Waals surface area contributed by atoms with Crippen molar-refractivity contribution in [1.82, 2.24) is 4.98 Å². The smallest absolute Gasteiger partial charge is 0.185 e. The van der Waals surface area contributed by atoms with Crippen LogP contribution in [-0.2, 0) is 0 Å². The summed E-state index contributed by atoms with van der Waals surface area (Å²) in [6, 6.07) is 9.42. The van der Waals surface area contributed by atoms with E-state index in [4.69, 9.17) is 11.6 Å². The first kappa shape index (κ1) is 13.9. The third-order valence-electron chi connectivity index (χ3n) is 3.32. The van der Waals surface area contributed by atoms with E-state index in [0.717, 1.165) is 0 Å². The molecule has 0 fully saturated rings. The Hall–Kier alpha value is -2.07. The van der Waals surface area contributed by atoms with Gasteiger partial charge in [0.2, 0.25) is 0 Å². The van der Waals surface area contributed by atoms with E-state index in [-0.39, 0.29) is 10.4 Å². The van der Waals surface area contributed by atoms with E-state index in [1.807, 2.05) is 6.07 Å². The van der Waals surface area contributed by atoms with Crippen LogP contribution in [0.15, 0.2) is 36.4 Å². The van der Waals surface area contributed by atoms with Gasteiger partial charge in [-0.25, -0.2) is 18.2 Å². The van der Waals surface area contributed by atoms with Crippen molar-refractivity contribution in [2.24, 2.45) is 0 Å². The minimum Gasteiger partial charge on any atom is -0.244 e. The van der Waals surface area contributed by atoms with E-state index >= 15 is 0 Å². The molecule has 0 amide bonds. The van der Waals surface area contributed by atoms with Crippen molar-refractivity contribution in [3.63, 3.8) is 0 Å². The topological polar surface area (TPSA) is 12.9 Å². The summed E-state index contributed by atoms with van der Waals surface area (Å²) >= 11 is 6.14. The molecule has 0 N–H and O–H groups in total. The summed E-state index contributed by atoms with van der Waals surface area (Å²) in [6.45, 7) is 1.66. The van der Waals surface area contributed by atoms with Gasteiger partial charge >= 0.3 is 0 Å². The lowest BCUT2D eigenvalue weighted by molar-refractivity contribution is 0.504. The molecule has 0 atom stereocenters. The fourth-order valence-electron chi connectivity index (χ4n) is 2.26. The molecule has 2 aromatic carbocycles. The summed E-state index contributed by atoms with van der Waals surface area (Å²) in [5.74, 6) is -3.42. The Balaban J connectivity index is 2.45. The van der Waals surface area contributed by atoms with Crippen LogP contribution in [0.25, 0.3) is 22.2 Å². The molecule has 1 nitrogen and oxygen atoms in total.